The Kier molecular flexibility index (Phi) is 13.7. The summed E-state index contributed by atoms with van der Waals surface area (Å²) in [5.41, 5.74) is 10.8. The van der Waals surface area contributed by atoms with Gasteiger partial charge in [0.2, 0.25) is 0 Å². The Morgan fingerprint density at radius 1 is 0.630 bits per heavy atom. The molecule has 0 aliphatic rings. The van der Waals surface area contributed by atoms with E-state index < -0.39 is 20.8 Å². The van der Waals surface area contributed by atoms with Crippen LogP contribution in [0.2, 0.25) is 13.1 Å². The predicted molar refractivity (Wildman–Crippen MR) is 205 cm³/mol. The fraction of sp³-hybridized carbons (Fsp3) is 0.190. The van der Waals surface area contributed by atoms with E-state index in [1.54, 1.807) is 0 Å². The quantitative estimate of drug-likeness (QED) is 0.125. The van der Waals surface area contributed by atoms with Crippen LogP contribution in [0.15, 0.2) is 121 Å². The van der Waals surface area contributed by atoms with Crippen molar-refractivity contribution in [3.63, 3.8) is 0 Å². The van der Waals surface area contributed by atoms with Crippen LogP contribution in [-0.2, 0) is 20.8 Å². The molecule has 0 spiro atoms. The molecule has 2 radical (unpaired) electrons. The molecule has 0 saturated heterocycles. The second-order valence-electron chi connectivity index (χ2n) is 11.9. The molecule has 4 heteroatoms. The van der Waals surface area contributed by atoms with Crippen LogP contribution in [0.4, 0.5) is 0 Å². The van der Waals surface area contributed by atoms with Crippen LogP contribution in [-0.4, -0.2) is 9.52 Å². The summed E-state index contributed by atoms with van der Waals surface area (Å²) in [4.78, 5) is 0. The molecule has 0 aromatic heterocycles. The van der Waals surface area contributed by atoms with E-state index >= 15 is 0 Å². The van der Waals surface area contributed by atoms with Gasteiger partial charge < -0.3 is 0 Å². The summed E-state index contributed by atoms with van der Waals surface area (Å²) in [6.45, 7) is 15.4. The zero-order chi connectivity index (χ0) is 33.2. The van der Waals surface area contributed by atoms with E-state index in [1.807, 2.05) is 0 Å². The minimum absolute atomic E-state index is 0.584. The van der Waals surface area contributed by atoms with Gasteiger partial charge in [-0.25, -0.2) is 0 Å². The maximum absolute atomic E-state index is 4.93. The monoisotopic (exact) mass is 734 g/mol. The van der Waals surface area contributed by atoms with E-state index in [0.717, 1.165) is 9.52 Å². The van der Waals surface area contributed by atoms with Crippen molar-refractivity contribution in [1.29, 1.82) is 0 Å². The van der Waals surface area contributed by atoms with Crippen LogP contribution < -0.4 is 0 Å². The number of benzene rings is 5. The molecule has 0 N–H and O–H groups in total. The Bertz CT molecular complexity index is 1990. The molecule has 7 aromatic carbocycles. The first-order valence-electron chi connectivity index (χ1n) is 15.7. The molecule has 0 aliphatic carbocycles. The van der Waals surface area contributed by atoms with Crippen molar-refractivity contribution in [3.8, 4) is 22.3 Å². The summed E-state index contributed by atoms with van der Waals surface area (Å²) in [6.07, 6.45) is 0. The predicted octanol–water partition coefficient (Wildman–Crippen LogP) is 13.8. The molecule has 0 bridgehead atoms. The van der Waals surface area contributed by atoms with Crippen molar-refractivity contribution in [2.75, 3.05) is 0 Å². The number of halogens is 2. The van der Waals surface area contributed by atoms with Crippen molar-refractivity contribution < 1.29 is 20.8 Å². The molecular formula is C42H42Cl2SiZr. The summed E-state index contributed by atoms with van der Waals surface area (Å²) in [6, 6.07) is 44.0. The molecule has 0 nitrogen and oxygen atoms in total. The summed E-state index contributed by atoms with van der Waals surface area (Å²) in [7, 11) is 11.0. The first kappa shape index (κ1) is 36.1. The number of hydrogen-bond acceptors (Lipinski definition) is 0. The molecule has 0 saturated carbocycles. The van der Waals surface area contributed by atoms with E-state index in [-0.39, 0.29) is 0 Å². The van der Waals surface area contributed by atoms with Crippen LogP contribution in [0, 0.1) is 20.8 Å². The van der Waals surface area contributed by atoms with Gasteiger partial charge in [0.25, 0.3) is 0 Å². The second kappa shape index (κ2) is 17.4. The fourth-order valence-electron chi connectivity index (χ4n) is 5.94. The number of fused-ring (bicyclic) bond motifs is 3. The summed E-state index contributed by atoms with van der Waals surface area (Å²) < 4.78 is 0. The van der Waals surface area contributed by atoms with Crippen molar-refractivity contribution >= 4 is 58.9 Å². The number of rotatable bonds is 3. The number of aryl methyl sites for hydroxylation is 3. The molecule has 0 aliphatic heterocycles. The standard InChI is InChI=1S/C22H19.C18H17.C2H6Si.2ClH.Zr/c1-14-11-20-16(3)15(2)13-22(21(20)12-14)19-10-6-8-17-7-4-5-9-18(17)19;1-13(2)16-11-15-9-6-10-17(18(15)12-16)14-7-4-3-5-8-14;1-3-2;;;/h4-13H,1-3H3;3-13H,1-2H3;1-2H3;2*1H;/q2*-1;;;;+4/p-2. The Balaban J connectivity index is 0.000000181. The van der Waals surface area contributed by atoms with Gasteiger partial charge >= 0.3 is 37.9 Å². The normalized spacial score (nSPS) is 10.5. The summed E-state index contributed by atoms with van der Waals surface area (Å²) in [5, 5.41) is 8.10. The third-order valence-corrected chi connectivity index (χ3v) is 8.29. The Morgan fingerprint density at radius 3 is 1.93 bits per heavy atom. The molecular weight excluding hydrogens is 695 g/mol. The van der Waals surface area contributed by atoms with Gasteiger partial charge in [-0.1, -0.05) is 142 Å². The molecule has 0 fully saturated rings. The second-order valence-corrected chi connectivity index (χ2v) is 16.7. The van der Waals surface area contributed by atoms with Gasteiger partial charge in [0.15, 0.2) is 0 Å². The van der Waals surface area contributed by atoms with Gasteiger partial charge in [-0.3, -0.25) is 0 Å². The summed E-state index contributed by atoms with van der Waals surface area (Å²) >= 11 is -0.826. The average molecular weight is 737 g/mol. The Morgan fingerprint density at radius 2 is 1.24 bits per heavy atom. The Hall–Kier alpha value is -2.74. The molecule has 232 valence electrons. The van der Waals surface area contributed by atoms with E-state index in [0.29, 0.717) is 5.92 Å². The van der Waals surface area contributed by atoms with Crippen LogP contribution in [0.25, 0.3) is 54.6 Å². The molecule has 0 heterocycles. The van der Waals surface area contributed by atoms with Crippen LogP contribution >= 0.6 is 17.0 Å². The molecule has 7 rings (SSSR count). The van der Waals surface area contributed by atoms with Gasteiger partial charge in [0.05, 0.1) is 0 Å². The molecule has 0 unspecified atom stereocenters. The molecule has 0 atom stereocenters. The zero-order valence-corrected chi connectivity index (χ0v) is 32.9. The first-order valence-corrected chi connectivity index (χ1v) is 24.0. The van der Waals surface area contributed by atoms with Crippen LogP contribution in [0.5, 0.6) is 0 Å². The topological polar surface area (TPSA) is 0 Å². The van der Waals surface area contributed by atoms with Gasteiger partial charge in [-0.05, 0) is 34.7 Å². The van der Waals surface area contributed by atoms with E-state index in [2.05, 4.69) is 169 Å². The fourth-order valence-corrected chi connectivity index (χ4v) is 5.94. The molecule has 0 amide bonds. The third kappa shape index (κ3) is 8.59. The van der Waals surface area contributed by atoms with E-state index in [9.17, 15) is 0 Å². The van der Waals surface area contributed by atoms with Crippen molar-refractivity contribution in [2.45, 2.75) is 53.6 Å². The van der Waals surface area contributed by atoms with Gasteiger partial charge in [-0.15, -0.1) is 62.5 Å². The molecule has 46 heavy (non-hydrogen) atoms. The van der Waals surface area contributed by atoms with Gasteiger partial charge in [0.1, 0.15) is 0 Å². The van der Waals surface area contributed by atoms with Crippen LogP contribution in [0.3, 0.4) is 0 Å². The Labute approximate surface area is 297 Å². The van der Waals surface area contributed by atoms with Crippen LogP contribution in [0.1, 0.15) is 42.0 Å². The zero-order valence-electron chi connectivity index (χ0n) is 27.9. The van der Waals surface area contributed by atoms with Gasteiger partial charge in [0, 0.05) is 9.52 Å². The first-order chi connectivity index (χ1) is 22.2. The van der Waals surface area contributed by atoms with Crippen molar-refractivity contribution in [1.82, 2.24) is 0 Å². The van der Waals surface area contributed by atoms with Gasteiger partial charge in [-0.2, -0.15) is 12.1 Å². The SMILES string of the molecule is CC(C)c1cc2c(-c3ccccc3)cccc2[cH-]1.C[Si]C.Cc1cc2c(-c3cccc4ccccc34)cc(C)c(C)c2[cH-]1.[Cl][Zr+2][Cl]. The third-order valence-electron chi connectivity index (χ3n) is 8.29. The van der Waals surface area contributed by atoms with Crippen molar-refractivity contribution in [2.24, 2.45) is 0 Å². The number of hydrogen-bond donors (Lipinski definition) is 0. The van der Waals surface area contributed by atoms with Crippen molar-refractivity contribution in [3.05, 3.63) is 144 Å². The minimum atomic E-state index is -0.826. The maximum atomic E-state index is 4.93. The molecule has 7 aromatic rings. The van der Waals surface area contributed by atoms with E-state index in [1.165, 1.54) is 76.8 Å². The summed E-state index contributed by atoms with van der Waals surface area (Å²) in [5.74, 6) is 0.584. The average Bonchev–Trinajstić information content (AvgIpc) is 3.68. The van der Waals surface area contributed by atoms with E-state index in [4.69, 9.17) is 17.0 Å².